The van der Waals surface area contributed by atoms with E-state index in [0.717, 1.165) is 22.6 Å². The molecular formula is C25H28N2O3. The van der Waals surface area contributed by atoms with Crippen LogP contribution in [0.4, 0.5) is 11.4 Å². The molecule has 2 aliphatic rings. The van der Waals surface area contributed by atoms with Crippen LogP contribution in [0.15, 0.2) is 59.8 Å². The number of ketones is 1. The van der Waals surface area contributed by atoms with Gasteiger partial charge >= 0.3 is 5.97 Å². The fraction of sp³-hybridized carbons (Fsp3) is 0.360. The summed E-state index contributed by atoms with van der Waals surface area (Å²) >= 11 is 0. The zero-order valence-corrected chi connectivity index (χ0v) is 17.9. The molecule has 0 bridgehead atoms. The van der Waals surface area contributed by atoms with Crippen molar-refractivity contribution < 1.29 is 14.3 Å². The Bertz CT molecular complexity index is 1010. The van der Waals surface area contributed by atoms with E-state index in [4.69, 9.17) is 4.74 Å². The number of hydrogen-bond acceptors (Lipinski definition) is 5. The lowest BCUT2D eigenvalue weighted by Gasteiger charge is -2.32. The summed E-state index contributed by atoms with van der Waals surface area (Å²) in [6.45, 7) is 6.25. The molecule has 0 unspecified atom stereocenters. The number of hydrogen-bond donors (Lipinski definition) is 2. The van der Waals surface area contributed by atoms with Crippen molar-refractivity contribution in [2.24, 2.45) is 11.8 Å². The minimum Gasteiger partial charge on any atom is -0.468 e. The summed E-state index contributed by atoms with van der Waals surface area (Å²) in [5.41, 5.74) is 5.61. The van der Waals surface area contributed by atoms with Crippen LogP contribution in [0, 0.1) is 11.8 Å². The highest BCUT2D eigenvalue weighted by Crippen LogP contribution is 2.43. The SMILES string of the molecule is COC(=O)[C@H]1C(=O)C2=C(C[C@@H]1C)Nc1ccccc1N[C@H]2c1ccc(C(C)C)cc1. The second-order valence-electron chi connectivity index (χ2n) is 8.51. The molecule has 1 aliphatic heterocycles. The molecule has 0 amide bonds. The Hall–Kier alpha value is -3.08. The molecule has 5 nitrogen and oxygen atoms in total. The van der Waals surface area contributed by atoms with Crippen molar-refractivity contribution in [2.45, 2.75) is 39.2 Å². The Labute approximate surface area is 177 Å². The van der Waals surface area contributed by atoms with Crippen molar-refractivity contribution in [3.05, 3.63) is 70.9 Å². The van der Waals surface area contributed by atoms with Gasteiger partial charge in [-0.15, -0.1) is 0 Å². The van der Waals surface area contributed by atoms with Crippen molar-refractivity contribution in [3.63, 3.8) is 0 Å². The first-order valence-electron chi connectivity index (χ1n) is 10.5. The maximum Gasteiger partial charge on any atom is 0.316 e. The van der Waals surface area contributed by atoms with E-state index in [1.165, 1.54) is 12.7 Å². The summed E-state index contributed by atoms with van der Waals surface area (Å²) < 4.78 is 4.96. The summed E-state index contributed by atoms with van der Waals surface area (Å²) in [6.07, 6.45) is 0.609. The predicted molar refractivity (Wildman–Crippen MR) is 118 cm³/mol. The molecule has 30 heavy (non-hydrogen) atoms. The molecule has 1 aliphatic carbocycles. The molecule has 2 aromatic rings. The minimum atomic E-state index is -0.781. The number of allylic oxidation sites excluding steroid dienone is 1. The molecule has 3 atom stereocenters. The zero-order chi connectivity index (χ0) is 21.4. The van der Waals surface area contributed by atoms with Gasteiger partial charge in [0.05, 0.1) is 24.5 Å². The maximum absolute atomic E-state index is 13.6. The molecule has 0 radical (unpaired) electrons. The van der Waals surface area contributed by atoms with Crippen LogP contribution in [-0.4, -0.2) is 18.9 Å². The number of benzene rings is 2. The Morgan fingerprint density at radius 3 is 2.37 bits per heavy atom. The van der Waals surface area contributed by atoms with E-state index < -0.39 is 11.9 Å². The maximum atomic E-state index is 13.6. The third-order valence-corrected chi connectivity index (χ3v) is 6.16. The summed E-state index contributed by atoms with van der Waals surface area (Å²) in [5, 5.41) is 7.03. The molecule has 0 spiro atoms. The highest BCUT2D eigenvalue weighted by Gasteiger charge is 2.44. The first kappa shape index (κ1) is 20.2. The number of nitrogens with one attached hydrogen (secondary N) is 2. The van der Waals surface area contributed by atoms with Gasteiger partial charge in [-0.05, 0) is 41.5 Å². The summed E-state index contributed by atoms with van der Waals surface area (Å²) in [6, 6.07) is 16.0. The minimum absolute atomic E-state index is 0.134. The Morgan fingerprint density at radius 1 is 1.07 bits per heavy atom. The van der Waals surface area contributed by atoms with Gasteiger partial charge in [-0.1, -0.05) is 57.2 Å². The van der Waals surface area contributed by atoms with Crippen LogP contribution < -0.4 is 10.6 Å². The van der Waals surface area contributed by atoms with Gasteiger partial charge in [-0.25, -0.2) is 0 Å². The van der Waals surface area contributed by atoms with Crippen LogP contribution in [-0.2, 0) is 14.3 Å². The number of esters is 1. The van der Waals surface area contributed by atoms with E-state index in [9.17, 15) is 9.59 Å². The van der Waals surface area contributed by atoms with E-state index in [1.807, 2.05) is 31.2 Å². The quantitative estimate of drug-likeness (QED) is 0.554. The first-order chi connectivity index (χ1) is 14.4. The molecule has 5 heteroatoms. The topological polar surface area (TPSA) is 67.4 Å². The Balaban J connectivity index is 1.84. The number of para-hydroxylation sites is 2. The average Bonchev–Trinajstić information content (AvgIpc) is 2.90. The van der Waals surface area contributed by atoms with Crippen molar-refractivity contribution in [2.75, 3.05) is 17.7 Å². The van der Waals surface area contributed by atoms with E-state index in [-0.39, 0.29) is 17.7 Å². The predicted octanol–water partition coefficient (Wildman–Crippen LogP) is 5.04. The van der Waals surface area contributed by atoms with Crippen LogP contribution in [0.3, 0.4) is 0 Å². The van der Waals surface area contributed by atoms with Crippen molar-refractivity contribution in [3.8, 4) is 0 Å². The lowest BCUT2D eigenvalue weighted by Crippen LogP contribution is -2.39. The number of ether oxygens (including phenoxy) is 1. The molecule has 0 saturated heterocycles. The third kappa shape index (κ3) is 3.49. The standard InChI is InChI=1S/C25H28N2O3/c1-14(2)16-9-11-17(12-10-16)23-22-20(26-18-7-5-6-8-19(18)27-23)13-15(3)21(24(22)28)25(29)30-4/h5-12,14-15,21,23,26-27H,13H2,1-4H3/t15-,21+,23-/m0/s1. The van der Waals surface area contributed by atoms with Crippen LogP contribution in [0.1, 0.15) is 50.3 Å². The molecule has 2 aromatic carbocycles. The molecule has 1 heterocycles. The number of rotatable bonds is 3. The number of fused-ring (bicyclic) bond motifs is 1. The number of carbonyl (C=O) groups is 2. The average molecular weight is 405 g/mol. The third-order valence-electron chi connectivity index (χ3n) is 6.16. The van der Waals surface area contributed by atoms with Crippen molar-refractivity contribution in [1.82, 2.24) is 0 Å². The van der Waals surface area contributed by atoms with Gasteiger partial charge in [-0.2, -0.15) is 0 Å². The number of carbonyl (C=O) groups excluding carboxylic acids is 2. The molecule has 0 saturated carbocycles. The lowest BCUT2D eigenvalue weighted by atomic mass is 9.74. The molecular weight excluding hydrogens is 376 g/mol. The van der Waals surface area contributed by atoms with Crippen LogP contribution in [0.5, 0.6) is 0 Å². The Morgan fingerprint density at radius 2 is 1.73 bits per heavy atom. The number of Topliss-reactive ketones (excluding diaryl/α,β-unsaturated/α-hetero) is 1. The molecule has 0 aromatic heterocycles. The van der Waals surface area contributed by atoms with Gasteiger partial charge in [0.25, 0.3) is 0 Å². The van der Waals surface area contributed by atoms with Crippen LogP contribution in [0.25, 0.3) is 0 Å². The largest absolute Gasteiger partial charge is 0.468 e. The van der Waals surface area contributed by atoms with Gasteiger partial charge in [0.2, 0.25) is 0 Å². The number of methoxy groups -OCH3 is 1. The number of anilines is 2. The fourth-order valence-corrected chi connectivity index (χ4v) is 4.46. The summed E-state index contributed by atoms with van der Waals surface area (Å²) in [4.78, 5) is 26.0. The first-order valence-corrected chi connectivity index (χ1v) is 10.5. The lowest BCUT2D eigenvalue weighted by molar-refractivity contribution is -0.151. The molecule has 2 N–H and O–H groups in total. The van der Waals surface area contributed by atoms with Gasteiger partial charge in [0.15, 0.2) is 5.78 Å². The smallest absolute Gasteiger partial charge is 0.316 e. The second-order valence-corrected chi connectivity index (χ2v) is 8.51. The van der Waals surface area contributed by atoms with E-state index in [2.05, 4.69) is 48.7 Å². The summed E-state index contributed by atoms with van der Waals surface area (Å²) in [7, 11) is 1.34. The Kier molecular flexibility index (Phi) is 5.37. The monoisotopic (exact) mass is 404 g/mol. The molecule has 156 valence electrons. The van der Waals surface area contributed by atoms with E-state index in [1.54, 1.807) is 0 Å². The van der Waals surface area contributed by atoms with Crippen molar-refractivity contribution in [1.29, 1.82) is 0 Å². The van der Waals surface area contributed by atoms with Gasteiger partial charge in [0.1, 0.15) is 5.92 Å². The van der Waals surface area contributed by atoms with Gasteiger partial charge in [-0.3, -0.25) is 9.59 Å². The molecule has 4 rings (SSSR count). The fourth-order valence-electron chi connectivity index (χ4n) is 4.46. The van der Waals surface area contributed by atoms with Crippen molar-refractivity contribution >= 4 is 23.1 Å². The normalized spacial score (nSPS) is 23.1. The summed E-state index contributed by atoms with van der Waals surface area (Å²) in [5.74, 6) is -1.11. The van der Waals surface area contributed by atoms with Gasteiger partial charge in [0, 0.05) is 11.3 Å². The zero-order valence-electron chi connectivity index (χ0n) is 17.9. The highest BCUT2D eigenvalue weighted by molar-refractivity contribution is 6.11. The van der Waals surface area contributed by atoms with Crippen LogP contribution in [0.2, 0.25) is 0 Å². The van der Waals surface area contributed by atoms with E-state index >= 15 is 0 Å². The van der Waals surface area contributed by atoms with Crippen LogP contribution >= 0.6 is 0 Å². The highest BCUT2D eigenvalue weighted by atomic mass is 16.5. The molecule has 0 fully saturated rings. The van der Waals surface area contributed by atoms with E-state index in [0.29, 0.717) is 17.9 Å². The second kappa shape index (κ2) is 7.98. The van der Waals surface area contributed by atoms with Gasteiger partial charge < -0.3 is 15.4 Å².